The van der Waals surface area contributed by atoms with E-state index in [0.29, 0.717) is 40.9 Å². The van der Waals surface area contributed by atoms with Crippen molar-refractivity contribution in [2.45, 2.75) is 32.8 Å². The number of hydrogen-bond donors (Lipinski definition) is 2. The molecule has 0 aliphatic carbocycles. The Kier molecular flexibility index (Phi) is 7.70. The highest BCUT2D eigenvalue weighted by atomic mass is 16.5. The van der Waals surface area contributed by atoms with Crippen molar-refractivity contribution in [3.05, 3.63) is 108 Å². The fourth-order valence-electron chi connectivity index (χ4n) is 3.64. The molecule has 0 saturated heterocycles. The van der Waals surface area contributed by atoms with Gasteiger partial charge in [0.25, 0.3) is 0 Å². The van der Waals surface area contributed by atoms with Crippen LogP contribution in [0, 0.1) is 11.3 Å². The number of ether oxygens (including phenoxy) is 2. The number of carbonyl (C=O) groups excluding carboxylic acids is 1. The first kappa shape index (κ1) is 25.3. The van der Waals surface area contributed by atoms with Crippen LogP contribution in [0.15, 0.2) is 91.1 Å². The summed E-state index contributed by atoms with van der Waals surface area (Å²) in [6, 6.07) is 27.2. The molecular formula is C30H28N4O3. The Balaban J connectivity index is 1.41. The largest absolute Gasteiger partial charge is 0.489 e. The summed E-state index contributed by atoms with van der Waals surface area (Å²) in [6.45, 7) is 6.68. The highest BCUT2D eigenvalue weighted by molar-refractivity contribution is 6.00. The zero-order valence-corrected chi connectivity index (χ0v) is 21.0. The summed E-state index contributed by atoms with van der Waals surface area (Å²) in [5.74, 6) is 1.59. The molecule has 0 saturated carbocycles. The van der Waals surface area contributed by atoms with Crippen LogP contribution in [0.1, 0.15) is 37.5 Å². The summed E-state index contributed by atoms with van der Waals surface area (Å²) in [5.41, 5.74) is 3.46. The van der Waals surface area contributed by atoms with Gasteiger partial charge in [-0.2, -0.15) is 5.26 Å². The van der Waals surface area contributed by atoms with Gasteiger partial charge in [0.1, 0.15) is 23.8 Å². The van der Waals surface area contributed by atoms with Crippen LogP contribution in [-0.4, -0.2) is 11.0 Å². The summed E-state index contributed by atoms with van der Waals surface area (Å²) in [4.78, 5) is 17.1. The predicted octanol–water partition coefficient (Wildman–Crippen LogP) is 7.27. The van der Waals surface area contributed by atoms with Gasteiger partial charge in [0.2, 0.25) is 5.88 Å². The van der Waals surface area contributed by atoms with Crippen LogP contribution in [0.5, 0.6) is 17.4 Å². The van der Waals surface area contributed by atoms with E-state index in [-0.39, 0.29) is 5.41 Å². The third-order valence-electron chi connectivity index (χ3n) is 5.50. The van der Waals surface area contributed by atoms with Crippen molar-refractivity contribution in [1.29, 1.82) is 5.26 Å². The fraction of sp³-hybridized carbons (Fsp3) is 0.167. The van der Waals surface area contributed by atoms with Gasteiger partial charge in [0.15, 0.2) is 0 Å². The van der Waals surface area contributed by atoms with Gasteiger partial charge < -0.3 is 20.1 Å². The number of aromatic nitrogens is 1. The molecule has 0 fully saturated rings. The van der Waals surface area contributed by atoms with E-state index in [2.05, 4.69) is 42.5 Å². The molecule has 1 aromatic heterocycles. The van der Waals surface area contributed by atoms with Gasteiger partial charge in [-0.05, 0) is 53.4 Å². The van der Waals surface area contributed by atoms with Crippen molar-refractivity contribution in [1.82, 2.24) is 4.98 Å². The van der Waals surface area contributed by atoms with Crippen LogP contribution in [0.3, 0.4) is 0 Å². The number of anilines is 2. The van der Waals surface area contributed by atoms with E-state index in [1.54, 1.807) is 48.7 Å². The minimum atomic E-state index is -0.439. The highest BCUT2D eigenvalue weighted by Gasteiger charge is 2.20. The highest BCUT2D eigenvalue weighted by Crippen LogP contribution is 2.35. The number of nitrogens with zero attached hydrogens (tertiary/aromatic N) is 2. The molecule has 0 atom stereocenters. The van der Waals surface area contributed by atoms with Crippen LogP contribution < -0.4 is 20.1 Å². The summed E-state index contributed by atoms with van der Waals surface area (Å²) >= 11 is 0. The number of nitriles is 1. The summed E-state index contributed by atoms with van der Waals surface area (Å²) in [6.07, 6.45) is 1.62. The SMILES string of the molecule is CC(C)(C)c1ccccc1Oc1ncccc1NC(=O)Nc1cccc(OCc2ccc(C#N)cc2)c1. The van der Waals surface area contributed by atoms with E-state index in [1.807, 2.05) is 42.5 Å². The number of para-hydroxylation sites is 1. The van der Waals surface area contributed by atoms with E-state index in [9.17, 15) is 4.79 Å². The number of hydrogen-bond acceptors (Lipinski definition) is 5. The maximum Gasteiger partial charge on any atom is 0.323 e. The Morgan fingerprint density at radius 3 is 2.49 bits per heavy atom. The number of rotatable bonds is 7. The molecule has 3 aromatic carbocycles. The lowest BCUT2D eigenvalue weighted by molar-refractivity contribution is 0.262. The molecule has 0 unspecified atom stereocenters. The van der Waals surface area contributed by atoms with E-state index in [4.69, 9.17) is 14.7 Å². The molecule has 1 heterocycles. The molecule has 7 heteroatoms. The first-order valence-electron chi connectivity index (χ1n) is 11.8. The predicted molar refractivity (Wildman–Crippen MR) is 144 cm³/mol. The van der Waals surface area contributed by atoms with E-state index >= 15 is 0 Å². The van der Waals surface area contributed by atoms with Crippen LogP contribution >= 0.6 is 0 Å². The monoisotopic (exact) mass is 492 g/mol. The van der Waals surface area contributed by atoms with E-state index in [0.717, 1.165) is 11.1 Å². The molecule has 2 N–H and O–H groups in total. The van der Waals surface area contributed by atoms with E-state index in [1.165, 1.54) is 0 Å². The number of benzene rings is 3. The Bertz CT molecular complexity index is 1420. The van der Waals surface area contributed by atoms with Crippen molar-refractivity contribution in [2.75, 3.05) is 10.6 Å². The van der Waals surface area contributed by atoms with E-state index < -0.39 is 6.03 Å². The van der Waals surface area contributed by atoms with Gasteiger partial charge in [-0.3, -0.25) is 0 Å². The zero-order chi connectivity index (χ0) is 26.3. The Morgan fingerprint density at radius 2 is 1.73 bits per heavy atom. The molecule has 2 amide bonds. The van der Waals surface area contributed by atoms with Crippen molar-refractivity contribution in [3.63, 3.8) is 0 Å². The van der Waals surface area contributed by atoms with Crippen LogP contribution in [-0.2, 0) is 12.0 Å². The lowest BCUT2D eigenvalue weighted by Gasteiger charge is -2.22. The van der Waals surface area contributed by atoms with Gasteiger partial charge in [0.05, 0.1) is 11.6 Å². The zero-order valence-electron chi connectivity index (χ0n) is 21.0. The third-order valence-corrected chi connectivity index (χ3v) is 5.50. The molecule has 7 nitrogen and oxygen atoms in total. The Hall–Kier alpha value is -4.83. The van der Waals surface area contributed by atoms with Gasteiger partial charge in [-0.1, -0.05) is 57.2 Å². The lowest BCUT2D eigenvalue weighted by atomic mass is 9.86. The second kappa shape index (κ2) is 11.3. The van der Waals surface area contributed by atoms with Crippen molar-refractivity contribution < 1.29 is 14.3 Å². The number of pyridine rings is 1. The molecule has 0 spiro atoms. The van der Waals surface area contributed by atoms with Crippen LogP contribution in [0.4, 0.5) is 16.2 Å². The molecule has 186 valence electrons. The molecule has 4 aromatic rings. The first-order chi connectivity index (χ1) is 17.8. The van der Waals surface area contributed by atoms with Crippen molar-refractivity contribution in [3.8, 4) is 23.4 Å². The minimum absolute atomic E-state index is 0.122. The third kappa shape index (κ3) is 6.86. The molecule has 0 radical (unpaired) electrons. The second-order valence-corrected chi connectivity index (χ2v) is 9.41. The fourth-order valence-corrected chi connectivity index (χ4v) is 3.64. The lowest BCUT2D eigenvalue weighted by Crippen LogP contribution is -2.20. The number of amides is 2. The number of urea groups is 1. The van der Waals surface area contributed by atoms with Gasteiger partial charge in [-0.25, -0.2) is 9.78 Å². The first-order valence-corrected chi connectivity index (χ1v) is 11.8. The molecule has 0 bridgehead atoms. The Labute approximate surface area is 216 Å². The van der Waals surface area contributed by atoms with Crippen LogP contribution in [0.2, 0.25) is 0 Å². The average molecular weight is 493 g/mol. The smallest absolute Gasteiger partial charge is 0.323 e. The van der Waals surface area contributed by atoms with Gasteiger partial charge >= 0.3 is 6.03 Å². The Morgan fingerprint density at radius 1 is 0.946 bits per heavy atom. The standard InChI is InChI=1S/C30H28N4O3/c1-30(2,3)25-10-4-5-12-27(25)37-28-26(11-7-17-32-28)34-29(35)33-23-8-6-9-24(18-23)36-20-22-15-13-21(19-31)14-16-22/h4-18H,20H2,1-3H3,(H2,33,34,35). The van der Waals surface area contributed by atoms with Gasteiger partial charge in [0, 0.05) is 23.5 Å². The second-order valence-electron chi connectivity index (χ2n) is 9.41. The topological polar surface area (TPSA) is 96.3 Å². The average Bonchev–Trinajstić information content (AvgIpc) is 2.89. The van der Waals surface area contributed by atoms with Crippen molar-refractivity contribution in [2.24, 2.45) is 0 Å². The maximum atomic E-state index is 12.8. The van der Waals surface area contributed by atoms with Crippen LogP contribution in [0.25, 0.3) is 0 Å². The normalized spacial score (nSPS) is 10.8. The number of nitrogens with one attached hydrogen (secondary N) is 2. The molecule has 4 rings (SSSR count). The molecular weight excluding hydrogens is 464 g/mol. The number of carbonyl (C=O) groups is 1. The molecule has 37 heavy (non-hydrogen) atoms. The summed E-state index contributed by atoms with van der Waals surface area (Å²) in [7, 11) is 0. The minimum Gasteiger partial charge on any atom is -0.489 e. The molecule has 0 aliphatic rings. The maximum absolute atomic E-state index is 12.8. The van der Waals surface area contributed by atoms with Crippen molar-refractivity contribution >= 4 is 17.4 Å². The van der Waals surface area contributed by atoms with Gasteiger partial charge in [-0.15, -0.1) is 0 Å². The summed E-state index contributed by atoms with van der Waals surface area (Å²) in [5, 5.41) is 14.6. The quantitative estimate of drug-likeness (QED) is 0.283. The molecule has 0 aliphatic heterocycles. The summed E-state index contributed by atoms with van der Waals surface area (Å²) < 4.78 is 12.0.